The summed E-state index contributed by atoms with van der Waals surface area (Å²) in [5, 5.41) is 9.99. The normalized spacial score (nSPS) is 40.4. The van der Waals surface area contributed by atoms with E-state index in [4.69, 9.17) is 0 Å². The number of aliphatic hydroxyl groups is 1. The molecule has 0 spiro atoms. The number of aliphatic hydroxyl groups excluding tert-OH is 1. The molecular weight excluding hydrogens is 212 g/mol. The fraction of sp³-hybridized carbons (Fsp3) is 0.818. The van der Waals surface area contributed by atoms with E-state index in [-0.39, 0.29) is 6.10 Å². The van der Waals surface area contributed by atoms with E-state index in [1.54, 1.807) is 0 Å². The van der Waals surface area contributed by atoms with Crippen LogP contribution in [-0.2, 0) is 0 Å². The van der Waals surface area contributed by atoms with Crippen molar-refractivity contribution in [2.24, 2.45) is 11.8 Å². The van der Waals surface area contributed by atoms with Gasteiger partial charge < -0.3 is 5.11 Å². The van der Waals surface area contributed by atoms with Crippen LogP contribution in [0, 0.1) is 11.8 Å². The molecular formula is C11H18OS2. The van der Waals surface area contributed by atoms with E-state index in [1.165, 1.54) is 23.5 Å². The largest absolute Gasteiger partial charge is 0.392 e. The third-order valence-electron chi connectivity index (χ3n) is 3.22. The van der Waals surface area contributed by atoms with Crippen LogP contribution in [0.25, 0.3) is 0 Å². The van der Waals surface area contributed by atoms with Crippen molar-refractivity contribution in [3.05, 3.63) is 12.2 Å². The third kappa shape index (κ3) is 2.00. The van der Waals surface area contributed by atoms with Gasteiger partial charge in [-0.2, -0.15) is 0 Å². The molecule has 3 atom stereocenters. The number of rotatable bonds is 1. The molecule has 2 fully saturated rings. The highest BCUT2D eigenvalue weighted by Gasteiger charge is 2.40. The van der Waals surface area contributed by atoms with Crippen LogP contribution >= 0.6 is 23.5 Å². The van der Waals surface area contributed by atoms with Crippen LogP contribution in [-0.4, -0.2) is 27.3 Å². The zero-order valence-corrected chi connectivity index (χ0v) is 10.2. The lowest BCUT2D eigenvalue weighted by Crippen LogP contribution is -2.26. The van der Waals surface area contributed by atoms with Crippen molar-refractivity contribution in [3.8, 4) is 0 Å². The minimum atomic E-state index is -0.138. The maximum atomic E-state index is 9.99. The maximum absolute atomic E-state index is 9.99. The maximum Gasteiger partial charge on any atom is 0.0629 e. The van der Waals surface area contributed by atoms with Crippen LogP contribution in [0.15, 0.2) is 12.2 Å². The summed E-state index contributed by atoms with van der Waals surface area (Å²) in [5.74, 6) is 3.36. The van der Waals surface area contributed by atoms with Crippen molar-refractivity contribution in [2.45, 2.75) is 30.5 Å². The molecule has 0 radical (unpaired) electrons. The van der Waals surface area contributed by atoms with Crippen LogP contribution in [0.2, 0.25) is 0 Å². The first-order valence-electron chi connectivity index (χ1n) is 5.30. The summed E-state index contributed by atoms with van der Waals surface area (Å²) in [6, 6.07) is 0. The minimum Gasteiger partial charge on any atom is -0.392 e. The summed E-state index contributed by atoms with van der Waals surface area (Å²) in [4.78, 5) is 0. The van der Waals surface area contributed by atoms with Gasteiger partial charge in [0.05, 0.1) is 10.7 Å². The Morgan fingerprint density at radius 3 is 2.50 bits per heavy atom. The predicted molar refractivity (Wildman–Crippen MR) is 65.7 cm³/mol. The molecule has 2 rings (SSSR count). The van der Waals surface area contributed by atoms with Crippen molar-refractivity contribution >= 4 is 23.5 Å². The topological polar surface area (TPSA) is 20.2 Å². The van der Waals surface area contributed by atoms with E-state index in [0.29, 0.717) is 16.4 Å². The Kier molecular flexibility index (Phi) is 3.50. The molecule has 0 aromatic heterocycles. The van der Waals surface area contributed by atoms with Crippen molar-refractivity contribution in [2.75, 3.05) is 11.5 Å². The van der Waals surface area contributed by atoms with Crippen LogP contribution in [0.1, 0.15) is 19.8 Å². The van der Waals surface area contributed by atoms with Crippen molar-refractivity contribution in [3.63, 3.8) is 0 Å². The Bertz CT molecular complexity index is 223. The highest BCUT2D eigenvalue weighted by molar-refractivity contribution is 8.17. The predicted octanol–water partition coefficient (Wildman–Crippen LogP) is 2.76. The SMILES string of the molecule is C=C1[C@H](C)C[C@H](O)[C@H]1C1SCCCS1. The Labute approximate surface area is 94.7 Å². The smallest absolute Gasteiger partial charge is 0.0629 e. The molecule has 14 heavy (non-hydrogen) atoms. The monoisotopic (exact) mass is 230 g/mol. The van der Waals surface area contributed by atoms with Gasteiger partial charge in [0.15, 0.2) is 0 Å². The van der Waals surface area contributed by atoms with Gasteiger partial charge in [-0.1, -0.05) is 19.1 Å². The van der Waals surface area contributed by atoms with Crippen LogP contribution in [0.3, 0.4) is 0 Å². The van der Waals surface area contributed by atoms with Crippen LogP contribution < -0.4 is 0 Å². The molecule has 0 unspecified atom stereocenters. The Morgan fingerprint density at radius 1 is 1.36 bits per heavy atom. The summed E-state index contributed by atoms with van der Waals surface area (Å²) < 4.78 is 0.566. The molecule has 0 amide bonds. The van der Waals surface area contributed by atoms with E-state index in [9.17, 15) is 5.11 Å². The van der Waals surface area contributed by atoms with Crippen LogP contribution in [0.4, 0.5) is 0 Å². The summed E-state index contributed by atoms with van der Waals surface area (Å²) in [7, 11) is 0. The van der Waals surface area contributed by atoms with E-state index < -0.39 is 0 Å². The standard InChI is InChI=1S/C11H18OS2/c1-7-6-9(12)10(8(7)2)11-13-4-3-5-14-11/h7,9-12H,2-6H2,1H3/t7-,9+,10+/m1/s1. The molecule has 0 aromatic rings. The second kappa shape index (κ2) is 4.50. The fourth-order valence-corrected chi connectivity index (χ4v) is 5.66. The zero-order valence-electron chi connectivity index (χ0n) is 8.61. The first-order valence-corrected chi connectivity index (χ1v) is 7.40. The second-order valence-corrected chi connectivity index (χ2v) is 7.07. The molecule has 1 nitrogen and oxygen atoms in total. The van der Waals surface area contributed by atoms with Gasteiger partial charge in [0.2, 0.25) is 0 Å². The van der Waals surface area contributed by atoms with Gasteiger partial charge in [-0.15, -0.1) is 23.5 Å². The number of thioether (sulfide) groups is 2. The van der Waals surface area contributed by atoms with Gasteiger partial charge in [0.25, 0.3) is 0 Å². The van der Waals surface area contributed by atoms with Crippen molar-refractivity contribution < 1.29 is 5.11 Å². The molecule has 1 heterocycles. The summed E-state index contributed by atoms with van der Waals surface area (Å²) in [5.41, 5.74) is 1.28. The lowest BCUT2D eigenvalue weighted by Gasteiger charge is -2.29. The Balaban J connectivity index is 2.04. The first kappa shape index (κ1) is 10.9. The van der Waals surface area contributed by atoms with Gasteiger partial charge in [-0.25, -0.2) is 0 Å². The van der Waals surface area contributed by atoms with E-state index in [2.05, 4.69) is 13.5 Å². The average molecular weight is 230 g/mol. The number of hydrogen-bond donors (Lipinski definition) is 1. The molecule has 80 valence electrons. The number of hydrogen-bond acceptors (Lipinski definition) is 3. The van der Waals surface area contributed by atoms with Crippen LogP contribution in [0.5, 0.6) is 0 Å². The molecule has 1 N–H and O–H groups in total. The summed E-state index contributed by atoms with van der Waals surface area (Å²) in [6.45, 7) is 6.34. The van der Waals surface area contributed by atoms with Crippen molar-refractivity contribution in [1.82, 2.24) is 0 Å². The Hall–Kier alpha value is 0.400. The summed E-state index contributed by atoms with van der Waals surface area (Å²) in [6.07, 6.45) is 2.10. The van der Waals surface area contributed by atoms with Gasteiger partial charge in [-0.3, -0.25) is 0 Å². The lowest BCUT2D eigenvalue weighted by atomic mass is 10.0. The van der Waals surface area contributed by atoms with E-state index in [1.807, 2.05) is 23.5 Å². The quantitative estimate of drug-likeness (QED) is 0.700. The summed E-state index contributed by atoms with van der Waals surface area (Å²) >= 11 is 4.02. The average Bonchev–Trinajstić information content (AvgIpc) is 2.43. The van der Waals surface area contributed by atoms with Gasteiger partial charge in [0.1, 0.15) is 0 Å². The first-order chi connectivity index (χ1) is 6.70. The van der Waals surface area contributed by atoms with Crippen molar-refractivity contribution in [1.29, 1.82) is 0 Å². The molecule has 1 saturated heterocycles. The molecule has 2 aliphatic rings. The minimum absolute atomic E-state index is 0.138. The van der Waals surface area contributed by atoms with Gasteiger partial charge in [0, 0.05) is 5.92 Å². The molecule has 1 saturated carbocycles. The van der Waals surface area contributed by atoms with Gasteiger partial charge in [-0.05, 0) is 30.3 Å². The third-order valence-corrected chi connectivity index (χ3v) is 6.33. The Morgan fingerprint density at radius 2 is 2.00 bits per heavy atom. The second-order valence-electron chi connectivity index (χ2n) is 4.27. The zero-order chi connectivity index (χ0) is 10.1. The molecule has 0 bridgehead atoms. The molecule has 1 aliphatic carbocycles. The molecule has 0 aromatic carbocycles. The van der Waals surface area contributed by atoms with E-state index >= 15 is 0 Å². The lowest BCUT2D eigenvalue weighted by molar-refractivity contribution is 0.144. The highest BCUT2D eigenvalue weighted by atomic mass is 32.2. The van der Waals surface area contributed by atoms with E-state index in [0.717, 1.165) is 6.42 Å². The van der Waals surface area contributed by atoms with Gasteiger partial charge >= 0.3 is 0 Å². The molecule has 1 aliphatic heterocycles. The molecule has 3 heteroatoms. The highest BCUT2D eigenvalue weighted by Crippen LogP contribution is 2.47. The fourth-order valence-electron chi connectivity index (χ4n) is 2.31.